The number of nitrogens with zero attached hydrogens (tertiary/aromatic N) is 1. The van der Waals surface area contributed by atoms with E-state index in [2.05, 4.69) is 41.1 Å². The number of nitrogens with one attached hydrogen (secondary N) is 1. The van der Waals surface area contributed by atoms with Gasteiger partial charge in [0.1, 0.15) is 6.23 Å². The van der Waals surface area contributed by atoms with E-state index < -0.39 is 5.60 Å². The largest absolute Gasteiger partial charge is 0.342 e. The first kappa shape index (κ1) is 18.6. The summed E-state index contributed by atoms with van der Waals surface area (Å²) >= 11 is 0. The number of hydrogen-bond donors (Lipinski definition) is 1. The summed E-state index contributed by atoms with van der Waals surface area (Å²) < 4.78 is 6.23. The molecular weight excluding hydrogens is 324 g/mol. The molecule has 4 heteroatoms. The highest BCUT2D eigenvalue weighted by atomic mass is 16.5. The van der Waals surface area contributed by atoms with Crippen molar-refractivity contribution >= 4 is 5.91 Å². The van der Waals surface area contributed by atoms with Crippen LogP contribution in [0.2, 0.25) is 0 Å². The molecule has 4 nitrogen and oxygen atoms in total. The maximum atomic E-state index is 12.6. The third kappa shape index (κ3) is 4.32. The molecule has 138 valence electrons. The Bertz CT molecular complexity index is 685. The van der Waals surface area contributed by atoms with Gasteiger partial charge in [-0.1, -0.05) is 61.2 Å². The van der Waals surface area contributed by atoms with Gasteiger partial charge in [-0.15, -0.1) is 0 Å². The lowest BCUT2D eigenvalue weighted by Gasteiger charge is -2.36. The first-order chi connectivity index (χ1) is 12.6. The van der Waals surface area contributed by atoms with Crippen molar-refractivity contribution < 1.29 is 9.53 Å². The minimum Gasteiger partial charge on any atom is -0.342 e. The molecule has 3 rings (SSSR count). The van der Waals surface area contributed by atoms with Crippen LogP contribution in [0.3, 0.4) is 0 Å². The van der Waals surface area contributed by atoms with E-state index in [0.29, 0.717) is 6.42 Å². The molecule has 2 aliphatic heterocycles. The van der Waals surface area contributed by atoms with Gasteiger partial charge >= 0.3 is 0 Å². The van der Waals surface area contributed by atoms with Crippen LogP contribution in [0.25, 0.3) is 0 Å². The van der Waals surface area contributed by atoms with Gasteiger partial charge in [-0.3, -0.25) is 9.69 Å². The molecule has 0 radical (unpaired) electrons. The average molecular weight is 352 g/mol. The molecule has 0 aromatic heterocycles. The van der Waals surface area contributed by atoms with Crippen LogP contribution in [0, 0.1) is 0 Å². The van der Waals surface area contributed by atoms with Crippen molar-refractivity contribution in [1.82, 2.24) is 10.2 Å². The lowest BCUT2D eigenvalue weighted by molar-refractivity contribution is -0.140. The fourth-order valence-electron chi connectivity index (χ4n) is 3.67. The van der Waals surface area contributed by atoms with Crippen LogP contribution in [0.1, 0.15) is 31.7 Å². The molecule has 2 fully saturated rings. The second-order valence-corrected chi connectivity index (χ2v) is 7.00. The predicted octanol–water partition coefficient (Wildman–Crippen LogP) is 3.57. The van der Waals surface area contributed by atoms with Crippen molar-refractivity contribution in [2.75, 3.05) is 13.1 Å². The standard InChI is InChI=1S/C22H28N2O2/c1-3-5-9-18(4-2)16-20-23-21(25)22(26-20)12-14-24(15-13-22)17-19-10-7-6-8-11-19/h3-11,20H,1,12-17H2,2H3,(H,23,25)/b9-5-,18-4+. The maximum absolute atomic E-state index is 12.6. The third-order valence-electron chi connectivity index (χ3n) is 5.22. The second kappa shape index (κ2) is 8.47. The topological polar surface area (TPSA) is 41.6 Å². The lowest BCUT2D eigenvalue weighted by Crippen LogP contribution is -2.49. The fraction of sp³-hybridized carbons (Fsp3) is 0.409. The summed E-state index contributed by atoms with van der Waals surface area (Å²) in [6.45, 7) is 8.38. The Morgan fingerprint density at radius 1 is 1.35 bits per heavy atom. The molecule has 1 N–H and O–H groups in total. The number of piperidine rings is 1. The normalized spacial score (nSPS) is 23.5. The smallest absolute Gasteiger partial charge is 0.254 e. The SMILES string of the molecule is C=C/C=C\C(=C/C)CC1NC(=O)C2(CCN(Cc3ccccc3)CC2)O1. The Balaban J connectivity index is 1.56. The molecule has 1 atom stereocenters. The summed E-state index contributed by atoms with van der Waals surface area (Å²) in [4.78, 5) is 15.0. The average Bonchev–Trinajstić information content (AvgIpc) is 2.96. The first-order valence-electron chi connectivity index (χ1n) is 9.34. The molecule has 1 unspecified atom stereocenters. The van der Waals surface area contributed by atoms with Gasteiger partial charge in [-0.2, -0.15) is 0 Å². The van der Waals surface area contributed by atoms with E-state index in [-0.39, 0.29) is 12.1 Å². The zero-order valence-corrected chi connectivity index (χ0v) is 15.5. The molecule has 1 aromatic carbocycles. The molecule has 1 amide bonds. The van der Waals surface area contributed by atoms with E-state index in [0.717, 1.165) is 38.0 Å². The highest BCUT2D eigenvalue weighted by Crippen LogP contribution is 2.34. The number of carbonyl (C=O) groups is 1. The maximum Gasteiger partial charge on any atom is 0.254 e. The molecule has 2 aliphatic rings. The minimum atomic E-state index is -0.654. The van der Waals surface area contributed by atoms with E-state index in [1.807, 2.05) is 31.2 Å². The van der Waals surface area contributed by atoms with E-state index >= 15 is 0 Å². The summed E-state index contributed by atoms with van der Waals surface area (Å²) in [5.74, 6) is 0.0463. The summed E-state index contributed by atoms with van der Waals surface area (Å²) in [5.41, 5.74) is 1.79. The van der Waals surface area contributed by atoms with Gasteiger partial charge in [0, 0.05) is 26.1 Å². The van der Waals surface area contributed by atoms with Crippen molar-refractivity contribution in [2.24, 2.45) is 0 Å². The zero-order chi connectivity index (χ0) is 18.4. The number of ether oxygens (including phenoxy) is 1. The van der Waals surface area contributed by atoms with Gasteiger partial charge in [-0.05, 0) is 30.9 Å². The predicted molar refractivity (Wildman–Crippen MR) is 104 cm³/mol. The fourth-order valence-corrected chi connectivity index (χ4v) is 3.67. The minimum absolute atomic E-state index is 0.0463. The number of benzene rings is 1. The van der Waals surface area contributed by atoms with E-state index in [1.165, 1.54) is 5.56 Å². The molecular formula is C22H28N2O2. The monoisotopic (exact) mass is 352 g/mol. The van der Waals surface area contributed by atoms with Crippen molar-refractivity contribution in [3.05, 3.63) is 72.4 Å². The van der Waals surface area contributed by atoms with Gasteiger partial charge < -0.3 is 10.1 Å². The third-order valence-corrected chi connectivity index (χ3v) is 5.22. The molecule has 0 saturated carbocycles. The molecule has 0 bridgehead atoms. The summed E-state index contributed by atoms with van der Waals surface area (Å²) in [6.07, 6.45) is 9.64. The molecule has 26 heavy (non-hydrogen) atoms. The zero-order valence-electron chi connectivity index (χ0n) is 15.5. The van der Waals surface area contributed by atoms with Crippen LogP contribution in [0.15, 0.2) is 66.8 Å². The Hall–Kier alpha value is -2.17. The highest BCUT2D eigenvalue weighted by molar-refractivity contribution is 5.87. The molecule has 2 heterocycles. The molecule has 0 aliphatic carbocycles. The number of hydrogen-bond acceptors (Lipinski definition) is 3. The molecule has 1 spiro atoms. The Morgan fingerprint density at radius 2 is 2.08 bits per heavy atom. The summed E-state index contributed by atoms with van der Waals surface area (Å²) in [5, 5.41) is 3.04. The summed E-state index contributed by atoms with van der Waals surface area (Å²) in [6, 6.07) is 10.5. The van der Waals surface area contributed by atoms with Gasteiger partial charge in [-0.25, -0.2) is 0 Å². The second-order valence-electron chi connectivity index (χ2n) is 7.00. The van der Waals surface area contributed by atoms with Crippen molar-refractivity contribution in [3.8, 4) is 0 Å². The number of likely N-dealkylation sites (tertiary alicyclic amines) is 1. The quantitative estimate of drug-likeness (QED) is 0.796. The number of rotatable bonds is 6. The van der Waals surface area contributed by atoms with E-state index in [4.69, 9.17) is 4.74 Å². The van der Waals surface area contributed by atoms with Crippen LogP contribution in [-0.4, -0.2) is 35.7 Å². The van der Waals surface area contributed by atoms with Crippen LogP contribution in [0.5, 0.6) is 0 Å². The Kier molecular flexibility index (Phi) is 6.07. The molecule has 2 saturated heterocycles. The van der Waals surface area contributed by atoms with Gasteiger partial charge in [0.25, 0.3) is 5.91 Å². The van der Waals surface area contributed by atoms with Gasteiger partial charge in [0.05, 0.1) is 0 Å². The first-order valence-corrected chi connectivity index (χ1v) is 9.34. The van der Waals surface area contributed by atoms with Crippen molar-refractivity contribution in [2.45, 2.75) is 44.6 Å². The molecule has 1 aromatic rings. The van der Waals surface area contributed by atoms with E-state index in [1.54, 1.807) is 6.08 Å². The van der Waals surface area contributed by atoms with Crippen LogP contribution in [0.4, 0.5) is 0 Å². The highest BCUT2D eigenvalue weighted by Gasteiger charge is 2.49. The number of amides is 1. The lowest BCUT2D eigenvalue weighted by atomic mass is 9.90. The van der Waals surface area contributed by atoms with Crippen LogP contribution < -0.4 is 5.32 Å². The Labute approximate surface area is 156 Å². The number of carbonyl (C=O) groups excluding carboxylic acids is 1. The van der Waals surface area contributed by atoms with Crippen molar-refractivity contribution in [3.63, 3.8) is 0 Å². The van der Waals surface area contributed by atoms with Crippen LogP contribution in [-0.2, 0) is 16.1 Å². The number of allylic oxidation sites excluding steroid dienone is 4. The van der Waals surface area contributed by atoms with Crippen LogP contribution >= 0.6 is 0 Å². The van der Waals surface area contributed by atoms with Gasteiger partial charge in [0.15, 0.2) is 5.60 Å². The van der Waals surface area contributed by atoms with E-state index in [9.17, 15) is 4.79 Å². The Morgan fingerprint density at radius 3 is 2.73 bits per heavy atom. The summed E-state index contributed by atoms with van der Waals surface area (Å²) in [7, 11) is 0. The van der Waals surface area contributed by atoms with Gasteiger partial charge in [0.2, 0.25) is 0 Å². The van der Waals surface area contributed by atoms with Crippen molar-refractivity contribution in [1.29, 1.82) is 0 Å².